The van der Waals surface area contributed by atoms with Crippen molar-refractivity contribution in [1.82, 2.24) is 15.0 Å². The van der Waals surface area contributed by atoms with Crippen molar-refractivity contribution in [1.29, 1.82) is 0 Å². The Morgan fingerprint density at radius 1 is 1.15 bits per heavy atom. The Kier molecular flexibility index (Phi) is 6.92. The summed E-state index contributed by atoms with van der Waals surface area (Å²) in [6, 6.07) is 17.6. The van der Waals surface area contributed by atoms with Crippen molar-refractivity contribution in [2.45, 2.75) is 6.54 Å². The Morgan fingerprint density at radius 2 is 1.97 bits per heavy atom. The summed E-state index contributed by atoms with van der Waals surface area (Å²) in [7, 11) is -0.995. The van der Waals surface area contributed by atoms with Gasteiger partial charge < -0.3 is 26.0 Å². The molecule has 10 heteroatoms. The van der Waals surface area contributed by atoms with Gasteiger partial charge in [-0.25, -0.2) is 14.8 Å². The molecule has 4 rings (SSSR count). The minimum Gasteiger partial charge on any atom is -0.480 e. The van der Waals surface area contributed by atoms with E-state index in [0.29, 0.717) is 24.0 Å². The number of carboxylic acid groups (broad SMARTS) is 1. The maximum absolute atomic E-state index is 10.7. The van der Waals surface area contributed by atoms with Crippen molar-refractivity contribution in [3.8, 4) is 0 Å². The van der Waals surface area contributed by atoms with Gasteiger partial charge in [0.2, 0.25) is 0 Å². The molecule has 2 aromatic heterocycles. The second-order valence-electron chi connectivity index (χ2n) is 7.21. The molecule has 1 atom stereocenters. The van der Waals surface area contributed by atoms with E-state index >= 15 is 0 Å². The van der Waals surface area contributed by atoms with E-state index in [0.717, 1.165) is 27.5 Å². The van der Waals surface area contributed by atoms with Crippen LogP contribution in [-0.2, 0) is 15.9 Å². The highest BCUT2D eigenvalue weighted by atomic mass is 31.1. The van der Waals surface area contributed by atoms with Crippen molar-refractivity contribution in [2.24, 2.45) is 0 Å². The minimum atomic E-state index is -0.995. The molecule has 0 bridgehead atoms. The lowest BCUT2D eigenvalue weighted by molar-refractivity contribution is -0.139. The van der Waals surface area contributed by atoms with E-state index in [2.05, 4.69) is 31.7 Å². The summed E-state index contributed by atoms with van der Waals surface area (Å²) in [5.74, 6) is 0.363. The predicted molar refractivity (Wildman–Crippen MR) is 131 cm³/mol. The fourth-order valence-corrected chi connectivity index (χ4v) is 4.16. The smallest absolute Gasteiger partial charge is 0.330 e. The van der Waals surface area contributed by atoms with Gasteiger partial charge in [-0.2, -0.15) is 0 Å². The molecule has 0 fully saturated rings. The lowest BCUT2D eigenvalue weighted by Crippen LogP contribution is -2.09. The summed E-state index contributed by atoms with van der Waals surface area (Å²) in [6.45, 7) is 2.10. The molecule has 0 radical (unpaired) electrons. The summed E-state index contributed by atoms with van der Waals surface area (Å²) < 4.78 is 5.36. The summed E-state index contributed by atoms with van der Waals surface area (Å²) in [6.07, 6.45) is 3.34. The second-order valence-corrected chi connectivity index (χ2v) is 8.98. The zero-order valence-electron chi connectivity index (χ0n) is 17.9. The molecular weight excluding hydrogens is 439 g/mol. The number of aromatic nitrogens is 3. The first-order chi connectivity index (χ1) is 16.0. The van der Waals surface area contributed by atoms with E-state index in [4.69, 9.17) is 15.4 Å². The van der Waals surface area contributed by atoms with Gasteiger partial charge in [0.25, 0.3) is 0 Å². The monoisotopic (exact) mass is 462 g/mol. The highest BCUT2D eigenvalue weighted by Gasteiger charge is 2.09. The van der Waals surface area contributed by atoms with Crippen LogP contribution in [0.3, 0.4) is 0 Å². The summed E-state index contributed by atoms with van der Waals surface area (Å²) in [5, 5.41) is 17.2. The number of aliphatic carboxylic acids is 1. The molecule has 0 aliphatic heterocycles. The van der Waals surface area contributed by atoms with Gasteiger partial charge in [-0.1, -0.05) is 24.3 Å². The van der Waals surface area contributed by atoms with Crippen LogP contribution in [0.25, 0.3) is 10.9 Å². The van der Waals surface area contributed by atoms with Crippen LogP contribution in [0.5, 0.6) is 0 Å². The number of rotatable bonds is 9. The number of carboxylic acids is 1. The van der Waals surface area contributed by atoms with Gasteiger partial charge in [0.15, 0.2) is 17.5 Å². The van der Waals surface area contributed by atoms with E-state index in [1.165, 1.54) is 0 Å². The molecule has 5 N–H and O–H groups in total. The van der Waals surface area contributed by atoms with Gasteiger partial charge in [-0.15, -0.1) is 0 Å². The number of fused-ring (bicyclic) bond motifs is 1. The van der Waals surface area contributed by atoms with Crippen molar-refractivity contribution in [3.05, 3.63) is 72.6 Å². The molecular formula is C23H23N6O3P. The summed E-state index contributed by atoms with van der Waals surface area (Å²) >= 11 is 0. The number of benzene rings is 2. The normalized spacial score (nSPS) is 11.8. The van der Waals surface area contributed by atoms with Gasteiger partial charge in [0.1, 0.15) is 6.61 Å². The number of nitrogens with one attached hydrogen (secondary N) is 2. The third kappa shape index (κ3) is 5.91. The van der Waals surface area contributed by atoms with Crippen molar-refractivity contribution in [3.63, 3.8) is 0 Å². The SMILES string of the molecule is CP(OCC(=O)O)c1ccc(Nc2cnc(N)c(NCc3ccc4ncccc4c3)n2)cc1. The van der Waals surface area contributed by atoms with Crippen molar-refractivity contribution >= 4 is 53.5 Å². The number of pyridine rings is 1. The lowest BCUT2D eigenvalue weighted by atomic mass is 10.1. The molecule has 168 valence electrons. The highest BCUT2D eigenvalue weighted by Crippen LogP contribution is 2.31. The Labute approximate surface area is 191 Å². The van der Waals surface area contributed by atoms with Crippen LogP contribution in [0.2, 0.25) is 0 Å². The molecule has 0 aliphatic rings. The van der Waals surface area contributed by atoms with E-state index in [1.807, 2.05) is 55.2 Å². The maximum Gasteiger partial charge on any atom is 0.330 e. The number of carbonyl (C=O) groups is 1. The fourth-order valence-electron chi connectivity index (χ4n) is 3.14. The topological polar surface area (TPSA) is 135 Å². The first kappa shape index (κ1) is 22.4. The summed E-state index contributed by atoms with van der Waals surface area (Å²) in [5.41, 5.74) is 8.85. The number of hydrogen-bond acceptors (Lipinski definition) is 8. The fraction of sp³-hybridized carbons (Fsp3) is 0.130. The Morgan fingerprint density at radius 3 is 2.76 bits per heavy atom. The molecule has 1 unspecified atom stereocenters. The molecule has 2 aromatic carbocycles. The lowest BCUT2D eigenvalue weighted by Gasteiger charge is -2.13. The zero-order valence-corrected chi connectivity index (χ0v) is 18.8. The van der Waals surface area contributed by atoms with E-state index < -0.39 is 14.1 Å². The van der Waals surface area contributed by atoms with Crippen LogP contribution in [0.15, 0.2) is 67.0 Å². The Bertz CT molecular complexity index is 1270. The second kappa shape index (κ2) is 10.2. The van der Waals surface area contributed by atoms with Crippen molar-refractivity contribution in [2.75, 3.05) is 29.6 Å². The van der Waals surface area contributed by atoms with Crippen LogP contribution in [0.4, 0.5) is 23.1 Å². The number of nitrogens with two attached hydrogens (primary N) is 1. The predicted octanol–water partition coefficient (Wildman–Crippen LogP) is 3.72. The van der Waals surface area contributed by atoms with Crippen LogP contribution >= 0.6 is 8.15 Å². The summed E-state index contributed by atoms with van der Waals surface area (Å²) in [4.78, 5) is 23.8. The van der Waals surface area contributed by atoms with Gasteiger partial charge in [-0.3, -0.25) is 4.98 Å². The number of hydrogen-bond donors (Lipinski definition) is 4. The first-order valence-corrected chi connectivity index (χ1v) is 11.8. The number of nitrogen functional groups attached to an aromatic ring is 1. The molecule has 4 aromatic rings. The number of anilines is 4. The molecule has 0 saturated carbocycles. The van der Waals surface area contributed by atoms with Crippen LogP contribution in [0.1, 0.15) is 5.56 Å². The van der Waals surface area contributed by atoms with Crippen LogP contribution in [0, 0.1) is 0 Å². The van der Waals surface area contributed by atoms with Crippen molar-refractivity contribution < 1.29 is 14.4 Å². The average molecular weight is 462 g/mol. The maximum atomic E-state index is 10.7. The van der Waals surface area contributed by atoms with E-state index in [1.54, 1.807) is 12.4 Å². The average Bonchev–Trinajstić information content (AvgIpc) is 2.83. The third-order valence-corrected chi connectivity index (χ3v) is 6.35. The third-order valence-electron chi connectivity index (χ3n) is 4.81. The minimum absolute atomic E-state index is 0.310. The van der Waals surface area contributed by atoms with E-state index in [-0.39, 0.29) is 6.61 Å². The zero-order chi connectivity index (χ0) is 23.2. The van der Waals surface area contributed by atoms with Crippen LogP contribution in [-0.4, -0.2) is 39.3 Å². The highest BCUT2D eigenvalue weighted by molar-refractivity contribution is 7.60. The van der Waals surface area contributed by atoms with Gasteiger partial charge in [0, 0.05) is 29.1 Å². The molecule has 0 amide bonds. The van der Waals surface area contributed by atoms with Gasteiger partial charge >= 0.3 is 5.97 Å². The Hall–Kier alpha value is -3.81. The van der Waals surface area contributed by atoms with Gasteiger partial charge in [-0.05, 0) is 42.6 Å². The molecule has 0 spiro atoms. The largest absolute Gasteiger partial charge is 0.480 e. The Balaban J connectivity index is 1.40. The quantitative estimate of drug-likeness (QED) is 0.274. The molecule has 9 nitrogen and oxygen atoms in total. The van der Waals surface area contributed by atoms with Gasteiger partial charge in [0.05, 0.1) is 19.9 Å². The molecule has 0 aliphatic carbocycles. The number of nitrogens with zero attached hydrogens (tertiary/aromatic N) is 3. The molecule has 2 heterocycles. The standard InChI is InChI=1S/C23H23N6O3P/c1-33(32-14-21(30)31)18-7-5-17(6-8-18)28-20-13-26-22(24)23(29-20)27-12-15-4-9-19-16(11-15)3-2-10-25-19/h2-11,13H,12,14H2,1H3,(H2,24,26)(H,30,31)(H2,27,28,29). The molecule has 0 saturated heterocycles. The molecule has 33 heavy (non-hydrogen) atoms. The first-order valence-electron chi connectivity index (χ1n) is 10.1. The van der Waals surface area contributed by atoms with E-state index in [9.17, 15) is 4.79 Å². The van der Waals surface area contributed by atoms with Crippen LogP contribution < -0.4 is 21.7 Å².